The van der Waals surface area contributed by atoms with Crippen LogP contribution in [0.3, 0.4) is 0 Å². The van der Waals surface area contributed by atoms with Crippen LogP contribution in [0.2, 0.25) is 0 Å². The highest BCUT2D eigenvalue weighted by molar-refractivity contribution is 4.86. The fourth-order valence-electron chi connectivity index (χ4n) is 1.70. The normalized spacial score (nSPS) is 46.4. The van der Waals surface area contributed by atoms with Gasteiger partial charge in [0.1, 0.15) is 0 Å². The molecule has 5 nitrogen and oxygen atoms in total. The van der Waals surface area contributed by atoms with Crippen molar-refractivity contribution in [2.24, 2.45) is 11.8 Å². The lowest BCUT2D eigenvalue weighted by Gasteiger charge is -2.41. The van der Waals surface area contributed by atoms with Gasteiger partial charge in [-0.1, -0.05) is 13.8 Å². The van der Waals surface area contributed by atoms with Gasteiger partial charge in [0.15, 0.2) is 6.29 Å². The third-order valence-corrected chi connectivity index (χ3v) is 2.93. The van der Waals surface area contributed by atoms with Crippen LogP contribution in [0.4, 0.5) is 0 Å². The molecule has 0 aromatic heterocycles. The Labute approximate surface area is 77.3 Å². The number of aliphatic hydroxyl groups excluding tert-OH is 2. The molecule has 78 valence electrons. The molecule has 5 atom stereocenters. The van der Waals surface area contributed by atoms with Gasteiger partial charge in [0, 0.05) is 0 Å². The minimum absolute atomic E-state index is 0.0471. The van der Waals surface area contributed by atoms with Crippen LogP contribution in [0.25, 0.3) is 0 Å². The van der Waals surface area contributed by atoms with Crippen LogP contribution in [0, 0.1) is 11.8 Å². The maximum atomic E-state index is 9.40. The van der Waals surface area contributed by atoms with Crippen LogP contribution in [0.5, 0.6) is 0 Å². The molecule has 0 aromatic carbocycles. The molecule has 1 aliphatic heterocycles. The SMILES string of the molecule is CC1C(CO)OC(O)C(NO)C1C. The van der Waals surface area contributed by atoms with E-state index < -0.39 is 12.3 Å². The average Bonchev–Trinajstić information content (AvgIpc) is 2.12. The molecule has 0 amide bonds. The van der Waals surface area contributed by atoms with Crippen LogP contribution >= 0.6 is 0 Å². The lowest BCUT2D eigenvalue weighted by Crippen LogP contribution is -2.55. The Hall–Kier alpha value is -0.200. The van der Waals surface area contributed by atoms with E-state index in [9.17, 15) is 5.11 Å². The van der Waals surface area contributed by atoms with Gasteiger partial charge in [-0.25, -0.2) is 0 Å². The summed E-state index contributed by atoms with van der Waals surface area (Å²) in [7, 11) is 0. The standard InChI is InChI=1S/C8H17NO4/c1-4-5(2)7(9-12)8(11)13-6(4)3-10/h4-12H,3H2,1-2H3. The molecule has 13 heavy (non-hydrogen) atoms. The van der Waals surface area contributed by atoms with Gasteiger partial charge in [0.25, 0.3) is 0 Å². The number of hydrogen-bond acceptors (Lipinski definition) is 5. The van der Waals surface area contributed by atoms with Crippen molar-refractivity contribution in [3.63, 3.8) is 0 Å². The van der Waals surface area contributed by atoms with E-state index in [0.717, 1.165) is 0 Å². The predicted molar refractivity (Wildman–Crippen MR) is 45.0 cm³/mol. The zero-order valence-electron chi connectivity index (χ0n) is 7.84. The summed E-state index contributed by atoms with van der Waals surface area (Å²) >= 11 is 0. The molecular weight excluding hydrogens is 174 g/mol. The second-order valence-corrected chi connectivity index (χ2v) is 3.62. The van der Waals surface area contributed by atoms with E-state index in [1.807, 2.05) is 19.3 Å². The maximum absolute atomic E-state index is 9.40. The lowest BCUT2D eigenvalue weighted by molar-refractivity contribution is -0.233. The van der Waals surface area contributed by atoms with Crippen molar-refractivity contribution in [2.45, 2.75) is 32.3 Å². The fraction of sp³-hybridized carbons (Fsp3) is 1.00. The molecule has 1 saturated heterocycles. The summed E-state index contributed by atoms with van der Waals surface area (Å²) in [5.41, 5.74) is 2.02. The van der Waals surface area contributed by atoms with Crippen molar-refractivity contribution in [1.29, 1.82) is 0 Å². The van der Waals surface area contributed by atoms with Gasteiger partial charge in [-0.15, -0.1) is 0 Å². The van der Waals surface area contributed by atoms with Crippen LogP contribution in [0.1, 0.15) is 13.8 Å². The second kappa shape index (κ2) is 4.34. The van der Waals surface area contributed by atoms with Gasteiger partial charge in [0.05, 0.1) is 18.8 Å². The Morgan fingerprint density at radius 1 is 1.31 bits per heavy atom. The van der Waals surface area contributed by atoms with E-state index in [-0.39, 0.29) is 24.5 Å². The summed E-state index contributed by atoms with van der Waals surface area (Å²) in [6.07, 6.45) is -1.41. The number of rotatable bonds is 2. The molecule has 0 saturated carbocycles. The van der Waals surface area contributed by atoms with E-state index >= 15 is 0 Å². The van der Waals surface area contributed by atoms with E-state index in [1.54, 1.807) is 0 Å². The number of nitrogens with one attached hydrogen (secondary N) is 1. The van der Waals surface area contributed by atoms with E-state index in [1.165, 1.54) is 0 Å². The van der Waals surface area contributed by atoms with Crippen molar-refractivity contribution < 1.29 is 20.2 Å². The Balaban J connectivity index is 2.66. The van der Waals surface area contributed by atoms with Gasteiger partial charge in [-0.05, 0) is 11.8 Å². The van der Waals surface area contributed by atoms with Crippen molar-refractivity contribution in [1.82, 2.24) is 5.48 Å². The van der Waals surface area contributed by atoms with Crippen molar-refractivity contribution >= 4 is 0 Å². The summed E-state index contributed by atoms with van der Waals surface area (Å²) in [5.74, 6) is 0.143. The van der Waals surface area contributed by atoms with Gasteiger partial charge in [-0.2, -0.15) is 5.48 Å². The number of ether oxygens (including phenoxy) is 1. The molecule has 1 fully saturated rings. The van der Waals surface area contributed by atoms with Crippen LogP contribution < -0.4 is 5.48 Å². The van der Waals surface area contributed by atoms with Gasteiger partial charge < -0.3 is 20.2 Å². The lowest BCUT2D eigenvalue weighted by atomic mass is 9.83. The van der Waals surface area contributed by atoms with Crippen LogP contribution in [-0.2, 0) is 4.74 Å². The molecule has 1 heterocycles. The first-order valence-corrected chi connectivity index (χ1v) is 4.45. The topological polar surface area (TPSA) is 82.0 Å². The molecule has 5 heteroatoms. The Bertz CT molecular complexity index is 166. The van der Waals surface area contributed by atoms with E-state index in [4.69, 9.17) is 15.1 Å². The highest BCUT2D eigenvalue weighted by Crippen LogP contribution is 2.29. The molecule has 0 aromatic rings. The van der Waals surface area contributed by atoms with Crippen molar-refractivity contribution in [2.75, 3.05) is 6.61 Å². The fourth-order valence-corrected chi connectivity index (χ4v) is 1.70. The Morgan fingerprint density at radius 3 is 2.38 bits per heavy atom. The zero-order chi connectivity index (χ0) is 10.0. The maximum Gasteiger partial charge on any atom is 0.172 e. The summed E-state index contributed by atoms with van der Waals surface area (Å²) < 4.78 is 5.10. The molecule has 0 spiro atoms. The number of aliphatic hydroxyl groups is 2. The molecule has 5 unspecified atom stereocenters. The molecule has 1 aliphatic rings. The van der Waals surface area contributed by atoms with Crippen LogP contribution in [-0.4, -0.2) is 40.5 Å². The minimum Gasteiger partial charge on any atom is -0.394 e. The first-order chi connectivity index (χ1) is 6.11. The molecule has 0 aliphatic carbocycles. The summed E-state index contributed by atoms with van der Waals surface area (Å²) in [6, 6.07) is -0.488. The van der Waals surface area contributed by atoms with Gasteiger partial charge >= 0.3 is 0 Å². The number of hydroxylamine groups is 1. The first-order valence-electron chi connectivity index (χ1n) is 4.45. The average molecular weight is 191 g/mol. The van der Waals surface area contributed by atoms with Crippen molar-refractivity contribution in [3.8, 4) is 0 Å². The minimum atomic E-state index is -1.06. The quantitative estimate of drug-likeness (QED) is 0.435. The molecule has 0 radical (unpaired) electrons. The van der Waals surface area contributed by atoms with E-state index in [2.05, 4.69) is 0 Å². The smallest absolute Gasteiger partial charge is 0.172 e. The Kier molecular flexibility index (Phi) is 3.63. The summed E-state index contributed by atoms with van der Waals surface area (Å²) in [4.78, 5) is 0. The predicted octanol–water partition coefficient (Wildman–Crippen LogP) is -0.684. The largest absolute Gasteiger partial charge is 0.394 e. The second-order valence-electron chi connectivity index (χ2n) is 3.62. The first kappa shape index (κ1) is 10.9. The highest BCUT2D eigenvalue weighted by Gasteiger charge is 2.40. The van der Waals surface area contributed by atoms with E-state index in [0.29, 0.717) is 0 Å². The third kappa shape index (κ3) is 2.00. The molecule has 1 rings (SSSR count). The molecular formula is C8H17NO4. The Morgan fingerprint density at radius 2 is 1.92 bits per heavy atom. The summed E-state index contributed by atoms with van der Waals surface area (Å²) in [6.45, 7) is 3.70. The highest BCUT2D eigenvalue weighted by atomic mass is 16.6. The monoisotopic (exact) mass is 191 g/mol. The van der Waals surface area contributed by atoms with Gasteiger partial charge in [0.2, 0.25) is 0 Å². The third-order valence-electron chi connectivity index (χ3n) is 2.93. The van der Waals surface area contributed by atoms with Crippen molar-refractivity contribution in [3.05, 3.63) is 0 Å². The summed E-state index contributed by atoms with van der Waals surface area (Å²) in [5, 5.41) is 27.1. The van der Waals surface area contributed by atoms with Crippen LogP contribution in [0.15, 0.2) is 0 Å². The molecule has 4 N–H and O–H groups in total. The molecule has 0 bridgehead atoms. The van der Waals surface area contributed by atoms with Gasteiger partial charge in [-0.3, -0.25) is 0 Å². The number of hydrogen-bond donors (Lipinski definition) is 4. The zero-order valence-corrected chi connectivity index (χ0v) is 7.84.